The van der Waals surface area contributed by atoms with Crippen LogP contribution in [0.1, 0.15) is 32.2 Å². The van der Waals surface area contributed by atoms with Crippen LogP contribution in [0, 0.1) is 11.3 Å². The van der Waals surface area contributed by atoms with Gasteiger partial charge in [-0.05, 0) is 20.3 Å². The highest BCUT2D eigenvalue weighted by atomic mass is 32.1. The van der Waals surface area contributed by atoms with Crippen LogP contribution in [0.5, 0.6) is 0 Å². The van der Waals surface area contributed by atoms with E-state index < -0.39 is 5.41 Å². The normalized spacial score (nSPS) is 15.5. The Kier molecular flexibility index (Phi) is 4.02. The smallest absolute Gasteiger partial charge is 0.207 e. The van der Waals surface area contributed by atoms with E-state index in [0.29, 0.717) is 6.54 Å². The summed E-state index contributed by atoms with van der Waals surface area (Å²) in [5, 5.41) is 14.4. The summed E-state index contributed by atoms with van der Waals surface area (Å²) in [6.07, 6.45) is 2.35. The molecule has 5 heteroatoms. The molecule has 0 aliphatic heterocycles. The van der Waals surface area contributed by atoms with E-state index >= 15 is 0 Å². The van der Waals surface area contributed by atoms with Gasteiger partial charge in [0.25, 0.3) is 0 Å². The second-order valence-electron chi connectivity index (χ2n) is 3.59. The van der Waals surface area contributed by atoms with Gasteiger partial charge in [0.2, 0.25) is 4.80 Å². The van der Waals surface area contributed by atoms with Crippen molar-refractivity contribution < 1.29 is 0 Å². The van der Waals surface area contributed by atoms with Crippen molar-refractivity contribution in [3.05, 3.63) is 16.4 Å². The van der Waals surface area contributed by atoms with Crippen molar-refractivity contribution >= 4 is 17.5 Å². The number of nitrogens with zero attached hydrogens (tertiary/aromatic N) is 4. The highest BCUT2D eigenvalue weighted by Gasteiger charge is 2.28. The Hall–Kier alpha value is -1.41. The monoisotopic (exact) mass is 236 g/mol. The average Bonchev–Trinajstić information content (AvgIpc) is 2.72. The quantitative estimate of drug-likeness (QED) is 0.804. The predicted octanol–water partition coefficient (Wildman–Crippen LogP) is 2.16. The number of nitriles is 1. The minimum Gasteiger partial charge on any atom is -0.258 e. The zero-order valence-electron chi connectivity index (χ0n) is 9.90. The minimum atomic E-state index is -0.531. The fraction of sp³-hybridized carbons (Fsp3) is 0.545. The second-order valence-corrected chi connectivity index (χ2v) is 4.54. The second kappa shape index (κ2) is 5.08. The van der Waals surface area contributed by atoms with Crippen molar-refractivity contribution in [2.45, 2.75) is 32.6 Å². The molecule has 0 bridgehead atoms. The van der Waals surface area contributed by atoms with Gasteiger partial charge in [-0.15, -0.1) is 0 Å². The van der Waals surface area contributed by atoms with E-state index in [2.05, 4.69) is 22.7 Å². The first-order chi connectivity index (χ1) is 7.61. The van der Waals surface area contributed by atoms with Gasteiger partial charge in [-0.3, -0.25) is 4.99 Å². The molecule has 16 heavy (non-hydrogen) atoms. The Morgan fingerprint density at radius 1 is 1.69 bits per heavy atom. The van der Waals surface area contributed by atoms with Crippen LogP contribution in [0.3, 0.4) is 0 Å². The summed E-state index contributed by atoms with van der Waals surface area (Å²) >= 11 is 1.46. The summed E-state index contributed by atoms with van der Waals surface area (Å²) in [4.78, 5) is 5.11. The number of aromatic nitrogens is 2. The molecule has 0 N–H and O–H groups in total. The van der Waals surface area contributed by atoms with Gasteiger partial charge in [0.15, 0.2) is 0 Å². The highest BCUT2D eigenvalue weighted by Crippen LogP contribution is 2.26. The molecule has 1 rings (SSSR count). The van der Waals surface area contributed by atoms with Crippen LogP contribution in [0.4, 0.5) is 0 Å². The Morgan fingerprint density at radius 2 is 2.38 bits per heavy atom. The summed E-state index contributed by atoms with van der Waals surface area (Å²) in [5.41, 5.74) is -0.531. The van der Waals surface area contributed by atoms with Crippen LogP contribution in [0.25, 0.3) is 6.20 Å². The van der Waals surface area contributed by atoms with Gasteiger partial charge < -0.3 is 0 Å². The standard InChI is InChI=1S/C11H16N4S/c1-5-11(4,8-12)9-14-15(7-3)10(16-9)13-6-2/h7H,3,5-6H2,1-2,4H3. The molecule has 0 fully saturated rings. The van der Waals surface area contributed by atoms with Crippen LogP contribution in [-0.2, 0) is 5.41 Å². The summed E-state index contributed by atoms with van der Waals surface area (Å²) in [6, 6.07) is 2.31. The first-order valence-electron chi connectivity index (χ1n) is 5.25. The van der Waals surface area contributed by atoms with Gasteiger partial charge in [0.05, 0.1) is 6.07 Å². The predicted molar refractivity (Wildman–Crippen MR) is 65.9 cm³/mol. The third kappa shape index (κ3) is 2.22. The van der Waals surface area contributed by atoms with Gasteiger partial charge in [-0.25, -0.2) is 4.68 Å². The molecule has 0 radical (unpaired) electrons. The van der Waals surface area contributed by atoms with Gasteiger partial charge in [0.1, 0.15) is 10.4 Å². The van der Waals surface area contributed by atoms with E-state index in [1.54, 1.807) is 10.9 Å². The average molecular weight is 236 g/mol. The van der Waals surface area contributed by atoms with Crippen molar-refractivity contribution in [1.82, 2.24) is 9.78 Å². The molecule has 0 aromatic carbocycles. The molecule has 0 aliphatic carbocycles. The molecule has 0 saturated heterocycles. The number of rotatable bonds is 4. The largest absolute Gasteiger partial charge is 0.258 e. The van der Waals surface area contributed by atoms with E-state index in [4.69, 9.17) is 0 Å². The Morgan fingerprint density at radius 3 is 2.81 bits per heavy atom. The lowest BCUT2D eigenvalue weighted by Gasteiger charge is -2.14. The SMILES string of the molecule is C=Cn1nc(C(C)(C#N)CC)sc1=NCC. The Balaban J connectivity index is 3.34. The molecule has 0 saturated carbocycles. The van der Waals surface area contributed by atoms with Crippen molar-refractivity contribution in [2.75, 3.05) is 6.54 Å². The molecule has 0 amide bonds. The zero-order valence-corrected chi connectivity index (χ0v) is 10.7. The topological polar surface area (TPSA) is 54.0 Å². The fourth-order valence-electron chi connectivity index (χ4n) is 1.15. The molecule has 0 aliphatic rings. The van der Waals surface area contributed by atoms with E-state index in [1.165, 1.54) is 11.3 Å². The van der Waals surface area contributed by atoms with Crippen molar-refractivity contribution in [2.24, 2.45) is 4.99 Å². The lowest BCUT2D eigenvalue weighted by molar-refractivity contribution is 0.570. The molecular weight excluding hydrogens is 220 g/mol. The van der Waals surface area contributed by atoms with Crippen molar-refractivity contribution in [3.63, 3.8) is 0 Å². The lowest BCUT2D eigenvalue weighted by Crippen LogP contribution is -2.18. The van der Waals surface area contributed by atoms with Crippen LogP contribution in [-0.4, -0.2) is 16.3 Å². The summed E-state index contributed by atoms with van der Waals surface area (Å²) < 4.78 is 1.63. The maximum Gasteiger partial charge on any atom is 0.207 e. The summed E-state index contributed by atoms with van der Waals surface area (Å²) in [7, 11) is 0. The number of hydrogen-bond acceptors (Lipinski definition) is 4. The molecule has 1 aromatic heterocycles. The van der Waals surface area contributed by atoms with Gasteiger partial charge >= 0.3 is 0 Å². The third-order valence-corrected chi connectivity index (χ3v) is 3.70. The maximum absolute atomic E-state index is 9.19. The molecule has 86 valence electrons. The molecule has 0 spiro atoms. The van der Waals surface area contributed by atoms with E-state index in [0.717, 1.165) is 16.2 Å². The lowest BCUT2D eigenvalue weighted by atomic mass is 9.91. The number of hydrogen-bond donors (Lipinski definition) is 0. The molecule has 1 heterocycles. The van der Waals surface area contributed by atoms with Crippen molar-refractivity contribution in [1.29, 1.82) is 5.26 Å². The Labute approximate surface area is 99.6 Å². The summed E-state index contributed by atoms with van der Waals surface area (Å²) in [6.45, 7) is 10.2. The molecule has 1 aromatic rings. The van der Waals surface area contributed by atoms with Crippen LogP contribution in [0.2, 0.25) is 0 Å². The minimum absolute atomic E-state index is 0.531. The first-order valence-corrected chi connectivity index (χ1v) is 6.07. The third-order valence-electron chi connectivity index (χ3n) is 2.47. The van der Waals surface area contributed by atoms with Gasteiger partial charge in [-0.2, -0.15) is 10.4 Å². The molecule has 1 atom stereocenters. The van der Waals surface area contributed by atoms with Crippen LogP contribution >= 0.6 is 11.3 Å². The van der Waals surface area contributed by atoms with Crippen LogP contribution in [0.15, 0.2) is 11.6 Å². The van der Waals surface area contributed by atoms with E-state index in [-0.39, 0.29) is 0 Å². The van der Waals surface area contributed by atoms with Gasteiger partial charge in [0, 0.05) is 12.7 Å². The van der Waals surface area contributed by atoms with Crippen molar-refractivity contribution in [3.8, 4) is 6.07 Å². The molecular formula is C11H16N4S. The zero-order chi connectivity index (χ0) is 12.2. The molecule has 1 unspecified atom stereocenters. The molecule has 4 nitrogen and oxygen atoms in total. The van der Waals surface area contributed by atoms with E-state index in [9.17, 15) is 5.26 Å². The maximum atomic E-state index is 9.19. The van der Waals surface area contributed by atoms with Crippen LogP contribution < -0.4 is 4.80 Å². The fourth-order valence-corrected chi connectivity index (χ4v) is 2.27. The van der Waals surface area contributed by atoms with Gasteiger partial charge in [-0.1, -0.05) is 24.8 Å². The summed E-state index contributed by atoms with van der Waals surface area (Å²) in [5.74, 6) is 0. The Bertz CT molecular complexity index is 477. The highest BCUT2D eigenvalue weighted by molar-refractivity contribution is 7.09. The first kappa shape index (κ1) is 12.7. The van der Waals surface area contributed by atoms with E-state index in [1.807, 2.05) is 20.8 Å².